The van der Waals surface area contributed by atoms with Gasteiger partial charge < -0.3 is 5.32 Å². The molecule has 0 spiro atoms. The molecule has 2 heteroatoms. The lowest BCUT2D eigenvalue weighted by atomic mass is 10.00. The van der Waals surface area contributed by atoms with Crippen molar-refractivity contribution in [1.29, 1.82) is 0 Å². The Morgan fingerprint density at radius 3 is 2.52 bits per heavy atom. The summed E-state index contributed by atoms with van der Waals surface area (Å²) in [6.07, 6.45) is 3.86. The van der Waals surface area contributed by atoms with Crippen molar-refractivity contribution >= 4 is 0 Å². The molecule has 118 valence electrons. The van der Waals surface area contributed by atoms with Crippen LogP contribution in [0.5, 0.6) is 0 Å². The first-order chi connectivity index (χ1) is 10.1. The van der Waals surface area contributed by atoms with E-state index in [0.29, 0.717) is 6.04 Å². The van der Waals surface area contributed by atoms with Gasteiger partial charge in [-0.2, -0.15) is 0 Å². The van der Waals surface area contributed by atoms with Gasteiger partial charge in [0.15, 0.2) is 0 Å². The van der Waals surface area contributed by atoms with E-state index in [9.17, 15) is 0 Å². The minimum Gasteiger partial charge on any atom is -0.314 e. The Bertz CT molecular complexity index is 425. The van der Waals surface area contributed by atoms with Gasteiger partial charge in [0.1, 0.15) is 0 Å². The van der Waals surface area contributed by atoms with Gasteiger partial charge in [-0.05, 0) is 49.4 Å². The molecule has 1 aliphatic rings. The fourth-order valence-corrected chi connectivity index (χ4v) is 3.47. The number of hydrogen-bond acceptors (Lipinski definition) is 2. The second-order valence-electron chi connectivity index (χ2n) is 7.05. The number of nitrogens with one attached hydrogen (secondary N) is 1. The molecule has 1 heterocycles. The predicted molar refractivity (Wildman–Crippen MR) is 91.6 cm³/mol. The van der Waals surface area contributed by atoms with E-state index in [1.807, 2.05) is 0 Å². The molecule has 0 radical (unpaired) electrons. The van der Waals surface area contributed by atoms with E-state index in [-0.39, 0.29) is 0 Å². The highest BCUT2D eigenvalue weighted by Crippen LogP contribution is 2.26. The van der Waals surface area contributed by atoms with Gasteiger partial charge in [-0.15, -0.1) is 0 Å². The second kappa shape index (κ2) is 7.95. The highest BCUT2D eigenvalue weighted by Gasteiger charge is 2.27. The Morgan fingerprint density at radius 2 is 1.86 bits per heavy atom. The maximum Gasteiger partial charge on any atom is 0.0239 e. The Labute approximate surface area is 130 Å². The first-order valence-electron chi connectivity index (χ1n) is 8.62. The summed E-state index contributed by atoms with van der Waals surface area (Å²) in [5, 5.41) is 3.53. The molecule has 1 saturated heterocycles. The molecule has 21 heavy (non-hydrogen) atoms. The summed E-state index contributed by atoms with van der Waals surface area (Å²) in [5.74, 6) is 0.766. The van der Waals surface area contributed by atoms with Crippen LogP contribution in [0.25, 0.3) is 0 Å². The van der Waals surface area contributed by atoms with Crippen LogP contribution in [0.3, 0.4) is 0 Å². The fourth-order valence-electron chi connectivity index (χ4n) is 3.47. The van der Waals surface area contributed by atoms with Crippen molar-refractivity contribution in [3.63, 3.8) is 0 Å². The molecule has 0 aromatic heterocycles. The van der Waals surface area contributed by atoms with Gasteiger partial charge in [-0.1, -0.05) is 52.0 Å². The molecule has 1 aromatic carbocycles. The van der Waals surface area contributed by atoms with Crippen molar-refractivity contribution in [2.45, 2.75) is 65.6 Å². The summed E-state index contributed by atoms with van der Waals surface area (Å²) in [6, 6.07) is 10.3. The number of likely N-dealkylation sites (tertiary alicyclic amines) is 1. The largest absolute Gasteiger partial charge is 0.314 e. The topological polar surface area (TPSA) is 15.3 Å². The normalized spacial score (nSPS) is 19.8. The minimum atomic E-state index is 0.570. The van der Waals surface area contributed by atoms with E-state index >= 15 is 0 Å². The van der Waals surface area contributed by atoms with E-state index < -0.39 is 0 Å². The molecule has 0 amide bonds. The summed E-state index contributed by atoms with van der Waals surface area (Å²) < 4.78 is 0. The van der Waals surface area contributed by atoms with Crippen molar-refractivity contribution < 1.29 is 0 Å². The summed E-state index contributed by atoms with van der Waals surface area (Å²) in [5.41, 5.74) is 3.04. The lowest BCUT2D eigenvalue weighted by Gasteiger charge is -2.28. The van der Waals surface area contributed by atoms with Gasteiger partial charge in [0.25, 0.3) is 0 Å². The highest BCUT2D eigenvalue weighted by atomic mass is 15.2. The minimum absolute atomic E-state index is 0.570. The molecule has 1 aliphatic heterocycles. The van der Waals surface area contributed by atoms with Crippen LogP contribution in [0.15, 0.2) is 24.3 Å². The summed E-state index contributed by atoms with van der Waals surface area (Å²) in [6.45, 7) is 12.6. The van der Waals surface area contributed by atoms with E-state index in [2.05, 4.69) is 62.2 Å². The number of hydrogen-bond donors (Lipinski definition) is 1. The standard InChI is InChI=1S/C19H32N2/c1-15(2)19-10-7-13-21(19)14-18-9-6-5-8-17(18)11-12-20-16(3)4/h5-6,8-9,15-16,19-20H,7,10-14H2,1-4H3. The smallest absolute Gasteiger partial charge is 0.0239 e. The van der Waals surface area contributed by atoms with Crippen LogP contribution in [-0.2, 0) is 13.0 Å². The molecule has 1 fully saturated rings. The summed E-state index contributed by atoms with van der Waals surface area (Å²) >= 11 is 0. The Balaban J connectivity index is 1.99. The quantitative estimate of drug-likeness (QED) is 0.820. The van der Waals surface area contributed by atoms with Gasteiger partial charge in [0.05, 0.1) is 0 Å². The van der Waals surface area contributed by atoms with Crippen molar-refractivity contribution in [3.8, 4) is 0 Å². The summed E-state index contributed by atoms with van der Waals surface area (Å²) in [4.78, 5) is 2.69. The molecule has 1 aromatic rings. The highest BCUT2D eigenvalue weighted by molar-refractivity contribution is 5.27. The summed E-state index contributed by atoms with van der Waals surface area (Å²) in [7, 11) is 0. The molecular weight excluding hydrogens is 256 g/mol. The van der Waals surface area contributed by atoms with Crippen LogP contribution in [0.1, 0.15) is 51.7 Å². The third kappa shape index (κ3) is 4.82. The Morgan fingerprint density at radius 1 is 1.14 bits per heavy atom. The van der Waals surface area contributed by atoms with Gasteiger partial charge in [-0.3, -0.25) is 4.90 Å². The second-order valence-corrected chi connectivity index (χ2v) is 7.05. The third-order valence-corrected chi connectivity index (χ3v) is 4.62. The Hall–Kier alpha value is -0.860. The van der Waals surface area contributed by atoms with Crippen molar-refractivity contribution in [1.82, 2.24) is 10.2 Å². The molecule has 1 N–H and O–H groups in total. The number of nitrogens with zero attached hydrogens (tertiary/aromatic N) is 1. The van der Waals surface area contributed by atoms with Crippen LogP contribution in [0.4, 0.5) is 0 Å². The monoisotopic (exact) mass is 288 g/mol. The van der Waals surface area contributed by atoms with Crippen molar-refractivity contribution in [3.05, 3.63) is 35.4 Å². The van der Waals surface area contributed by atoms with Gasteiger partial charge in [-0.25, -0.2) is 0 Å². The molecule has 2 rings (SSSR count). The molecule has 0 bridgehead atoms. The van der Waals surface area contributed by atoms with E-state index in [0.717, 1.165) is 31.5 Å². The third-order valence-electron chi connectivity index (χ3n) is 4.62. The number of rotatable bonds is 7. The average Bonchev–Trinajstić information content (AvgIpc) is 2.88. The predicted octanol–water partition coefficient (Wildman–Crippen LogP) is 3.85. The lowest BCUT2D eigenvalue weighted by molar-refractivity contribution is 0.198. The van der Waals surface area contributed by atoms with E-state index in [1.165, 1.54) is 30.5 Å². The maximum atomic E-state index is 3.53. The zero-order valence-corrected chi connectivity index (χ0v) is 14.2. The average molecular weight is 288 g/mol. The van der Waals surface area contributed by atoms with Crippen LogP contribution >= 0.6 is 0 Å². The SMILES string of the molecule is CC(C)NCCc1ccccc1CN1CCCC1C(C)C. The fraction of sp³-hybridized carbons (Fsp3) is 0.684. The maximum absolute atomic E-state index is 3.53. The van der Waals surface area contributed by atoms with E-state index in [1.54, 1.807) is 0 Å². The lowest BCUT2D eigenvalue weighted by Crippen LogP contribution is -2.33. The van der Waals surface area contributed by atoms with Gasteiger partial charge >= 0.3 is 0 Å². The zero-order chi connectivity index (χ0) is 15.2. The molecule has 1 atom stereocenters. The first-order valence-corrected chi connectivity index (χ1v) is 8.62. The number of benzene rings is 1. The van der Waals surface area contributed by atoms with Crippen LogP contribution in [0.2, 0.25) is 0 Å². The van der Waals surface area contributed by atoms with Gasteiger partial charge in [0.2, 0.25) is 0 Å². The Kier molecular flexibility index (Phi) is 6.25. The first kappa shape index (κ1) is 16.5. The molecule has 0 aliphatic carbocycles. The van der Waals surface area contributed by atoms with Crippen molar-refractivity contribution in [2.24, 2.45) is 5.92 Å². The van der Waals surface area contributed by atoms with Crippen LogP contribution < -0.4 is 5.32 Å². The van der Waals surface area contributed by atoms with Crippen molar-refractivity contribution in [2.75, 3.05) is 13.1 Å². The zero-order valence-electron chi connectivity index (χ0n) is 14.2. The molecule has 1 unspecified atom stereocenters. The van der Waals surface area contributed by atoms with Gasteiger partial charge in [0, 0.05) is 18.6 Å². The van der Waals surface area contributed by atoms with Crippen LogP contribution in [-0.4, -0.2) is 30.1 Å². The molecular formula is C19H32N2. The molecule has 2 nitrogen and oxygen atoms in total. The van der Waals surface area contributed by atoms with E-state index in [4.69, 9.17) is 0 Å². The van der Waals surface area contributed by atoms with Crippen LogP contribution in [0, 0.1) is 5.92 Å². The molecule has 0 saturated carbocycles.